The lowest BCUT2D eigenvalue weighted by Gasteiger charge is -2.11. The number of halogens is 1. The third kappa shape index (κ3) is 11.5. The van der Waals surface area contributed by atoms with Crippen LogP contribution in [0.2, 0.25) is 0 Å². The summed E-state index contributed by atoms with van der Waals surface area (Å²) in [6.07, 6.45) is 15.5. The molecule has 0 aliphatic heterocycles. The Morgan fingerprint density at radius 1 is 0.680 bits per heavy atom. The molecule has 25 heavy (non-hydrogen) atoms. The fraction of sp³-hybridized carbons (Fsp3) is 0.727. The summed E-state index contributed by atoms with van der Waals surface area (Å²) in [5.41, 5.74) is 0. The van der Waals surface area contributed by atoms with Gasteiger partial charge in [-0.05, 0) is 47.0 Å². The third-order valence-electron chi connectivity index (χ3n) is 4.43. The van der Waals surface area contributed by atoms with E-state index in [0.29, 0.717) is 0 Å². The zero-order valence-corrected chi connectivity index (χ0v) is 17.9. The highest BCUT2D eigenvalue weighted by molar-refractivity contribution is 9.10. The molecule has 0 heterocycles. The molecule has 0 amide bonds. The molecule has 0 spiro atoms. The molecule has 1 aromatic carbocycles. The smallest absolute Gasteiger partial charge is 0.133 e. The maximum atomic E-state index is 5.88. The second kappa shape index (κ2) is 15.5. The van der Waals surface area contributed by atoms with Crippen LogP contribution < -0.4 is 9.47 Å². The molecule has 3 heteroatoms. The first kappa shape index (κ1) is 22.3. The molecule has 0 atom stereocenters. The first-order chi connectivity index (χ1) is 12.3. The van der Waals surface area contributed by atoms with Crippen molar-refractivity contribution in [2.45, 2.75) is 90.9 Å². The van der Waals surface area contributed by atoms with Gasteiger partial charge in [-0.25, -0.2) is 0 Å². The maximum Gasteiger partial charge on any atom is 0.133 e. The minimum Gasteiger partial charge on any atom is -0.494 e. The van der Waals surface area contributed by atoms with E-state index < -0.39 is 0 Å². The minimum atomic E-state index is 0.794. The zero-order valence-electron chi connectivity index (χ0n) is 16.3. The van der Waals surface area contributed by atoms with E-state index >= 15 is 0 Å². The van der Waals surface area contributed by atoms with Crippen molar-refractivity contribution in [2.24, 2.45) is 0 Å². The summed E-state index contributed by atoms with van der Waals surface area (Å²) in [5, 5.41) is 0. The van der Waals surface area contributed by atoms with Crippen molar-refractivity contribution in [3.8, 4) is 11.5 Å². The van der Waals surface area contributed by atoms with E-state index in [4.69, 9.17) is 9.47 Å². The Bertz CT molecular complexity index is 434. The second-order valence-electron chi connectivity index (χ2n) is 6.82. The molecular weight excluding hydrogens is 376 g/mol. The highest BCUT2D eigenvalue weighted by Crippen LogP contribution is 2.29. The van der Waals surface area contributed by atoms with Crippen LogP contribution in [0.25, 0.3) is 0 Å². The van der Waals surface area contributed by atoms with Gasteiger partial charge in [0.15, 0.2) is 0 Å². The van der Waals surface area contributed by atoms with Gasteiger partial charge in [0.05, 0.1) is 17.7 Å². The summed E-state index contributed by atoms with van der Waals surface area (Å²) in [5.74, 6) is 1.84. The minimum absolute atomic E-state index is 0.794. The van der Waals surface area contributed by atoms with Crippen LogP contribution in [0, 0.1) is 0 Å². The molecular formula is C22H37BrO2. The Hall–Kier alpha value is -0.700. The van der Waals surface area contributed by atoms with Gasteiger partial charge in [-0.3, -0.25) is 0 Å². The predicted molar refractivity (Wildman–Crippen MR) is 112 cm³/mol. The molecule has 144 valence electrons. The summed E-state index contributed by atoms with van der Waals surface area (Å²) < 4.78 is 12.7. The molecule has 0 N–H and O–H groups in total. The molecule has 0 radical (unpaired) electrons. The lowest BCUT2D eigenvalue weighted by Crippen LogP contribution is -2.00. The average molecular weight is 413 g/mol. The van der Waals surface area contributed by atoms with E-state index in [0.717, 1.165) is 42.0 Å². The standard InChI is InChI=1S/C22H37BrO2/c1-3-5-7-9-11-13-17-24-20-15-16-22(21(23)19-20)25-18-14-12-10-8-6-4-2/h15-16,19H,3-14,17-18H2,1-2H3. The second-order valence-corrected chi connectivity index (χ2v) is 7.68. The van der Waals surface area contributed by atoms with Crippen molar-refractivity contribution in [2.75, 3.05) is 13.2 Å². The van der Waals surface area contributed by atoms with Crippen LogP contribution in [0.4, 0.5) is 0 Å². The van der Waals surface area contributed by atoms with E-state index in [1.54, 1.807) is 0 Å². The van der Waals surface area contributed by atoms with Crippen LogP contribution in [0.3, 0.4) is 0 Å². The quantitative estimate of drug-likeness (QED) is 0.256. The van der Waals surface area contributed by atoms with E-state index in [9.17, 15) is 0 Å². The molecule has 1 aromatic rings. The van der Waals surface area contributed by atoms with E-state index in [1.165, 1.54) is 64.2 Å². The van der Waals surface area contributed by atoms with Gasteiger partial charge in [-0.1, -0.05) is 78.1 Å². The molecule has 0 aliphatic carbocycles. The van der Waals surface area contributed by atoms with Crippen molar-refractivity contribution in [1.82, 2.24) is 0 Å². The molecule has 1 rings (SSSR count). The number of hydrogen-bond donors (Lipinski definition) is 0. The SMILES string of the molecule is CCCCCCCCOc1ccc(OCCCCCCCC)c(Br)c1. The van der Waals surface area contributed by atoms with Gasteiger partial charge in [0.1, 0.15) is 11.5 Å². The fourth-order valence-electron chi connectivity index (χ4n) is 2.83. The van der Waals surface area contributed by atoms with Crippen molar-refractivity contribution < 1.29 is 9.47 Å². The normalized spacial score (nSPS) is 10.8. The zero-order chi connectivity index (χ0) is 18.2. The predicted octanol–water partition coefficient (Wildman–Crippen LogP) is 7.93. The largest absolute Gasteiger partial charge is 0.494 e. The molecule has 0 unspecified atom stereocenters. The van der Waals surface area contributed by atoms with Crippen molar-refractivity contribution in [3.05, 3.63) is 22.7 Å². The summed E-state index contributed by atoms with van der Waals surface area (Å²) >= 11 is 3.60. The Morgan fingerprint density at radius 3 is 1.76 bits per heavy atom. The maximum absolute atomic E-state index is 5.88. The van der Waals surface area contributed by atoms with Gasteiger partial charge < -0.3 is 9.47 Å². The number of benzene rings is 1. The van der Waals surface area contributed by atoms with Gasteiger partial charge in [0, 0.05) is 0 Å². The molecule has 2 nitrogen and oxygen atoms in total. The van der Waals surface area contributed by atoms with Crippen molar-refractivity contribution in [3.63, 3.8) is 0 Å². The van der Waals surface area contributed by atoms with Crippen molar-refractivity contribution >= 4 is 15.9 Å². The molecule has 0 aliphatic rings. The topological polar surface area (TPSA) is 18.5 Å². The molecule has 0 fully saturated rings. The van der Waals surface area contributed by atoms with Crippen LogP contribution in [0.5, 0.6) is 11.5 Å². The summed E-state index contributed by atoms with van der Waals surface area (Å²) in [6, 6.07) is 6.05. The lowest BCUT2D eigenvalue weighted by molar-refractivity contribution is 0.295. The third-order valence-corrected chi connectivity index (χ3v) is 5.05. The number of hydrogen-bond acceptors (Lipinski definition) is 2. The van der Waals surface area contributed by atoms with Crippen LogP contribution in [-0.2, 0) is 0 Å². The van der Waals surface area contributed by atoms with E-state index in [-0.39, 0.29) is 0 Å². The fourth-order valence-corrected chi connectivity index (χ4v) is 3.30. The van der Waals surface area contributed by atoms with Gasteiger partial charge in [0.25, 0.3) is 0 Å². The summed E-state index contributed by atoms with van der Waals surface area (Å²) in [7, 11) is 0. The lowest BCUT2D eigenvalue weighted by atomic mass is 10.1. The average Bonchev–Trinajstić information content (AvgIpc) is 2.61. The monoisotopic (exact) mass is 412 g/mol. The van der Waals surface area contributed by atoms with Gasteiger partial charge in [0.2, 0.25) is 0 Å². The van der Waals surface area contributed by atoms with Crippen LogP contribution >= 0.6 is 15.9 Å². The Kier molecular flexibility index (Phi) is 13.9. The first-order valence-corrected chi connectivity index (χ1v) is 11.1. The van der Waals surface area contributed by atoms with Crippen LogP contribution in [-0.4, -0.2) is 13.2 Å². The Morgan fingerprint density at radius 2 is 1.20 bits per heavy atom. The Balaban J connectivity index is 2.14. The Labute approximate surface area is 163 Å². The van der Waals surface area contributed by atoms with Gasteiger partial charge in [-0.15, -0.1) is 0 Å². The van der Waals surface area contributed by atoms with Crippen molar-refractivity contribution in [1.29, 1.82) is 0 Å². The van der Waals surface area contributed by atoms with E-state index in [2.05, 4.69) is 29.8 Å². The van der Waals surface area contributed by atoms with Gasteiger partial charge >= 0.3 is 0 Å². The summed E-state index contributed by atoms with van der Waals surface area (Å²) in [4.78, 5) is 0. The molecule has 0 saturated carbocycles. The highest BCUT2D eigenvalue weighted by atomic mass is 79.9. The highest BCUT2D eigenvalue weighted by Gasteiger charge is 2.04. The van der Waals surface area contributed by atoms with Crippen LogP contribution in [0.15, 0.2) is 22.7 Å². The molecule has 0 bridgehead atoms. The summed E-state index contributed by atoms with van der Waals surface area (Å²) in [6.45, 7) is 6.10. The molecule has 0 saturated heterocycles. The molecule has 0 aromatic heterocycles. The number of unbranched alkanes of at least 4 members (excludes halogenated alkanes) is 10. The van der Waals surface area contributed by atoms with E-state index in [1.807, 2.05) is 18.2 Å². The van der Waals surface area contributed by atoms with Gasteiger partial charge in [-0.2, -0.15) is 0 Å². The first-order valence-electron chi connectivity index (χ1n) is 10.3. The van der Waals surface area contributed by atoms with Crippen LogP contribution in [0.1, 0.15) is 90.9 Å². The number of ether oxygens (including phenoxy) is 2. The number of rotatable bonds is 16.